The van der Waals surface area contributed by atoms with Crippen molar-refractivity contribution in [1.82, 2.24) is 4.90 Å². The molecule has 5 nitrogen and oxygen atoms in total. The van der Waals surface area contributed by atoms with Gasteiger partial charge in [-0.3, -0.25) is 9.59 Å². The molecule has 1 N–H and O–H groups in total. The molecule has 2 aromatic carbocycles. The van der Waals surface area contributed by atoms with Gasteiger partial charge in [0.2, 0.25) is 5.78 Å². The highest BCUT2D eigenvalue weighted by molar-refractivity contribution is 7.12. The average molecular weight is 446 g/mol. The number of amides is 1. The van der Waals surface area contributed by atoms with E-state index in [1.807, 2.05) is 48.5 Å². The lowest BCUT2D eigenvalue weighted by Crippen LogP contribution is -2.33. The van der Waals surface area contributed by atoms with Crippen LogP contribution in [-0.2, 0) is 11.2 Å². The molecule has 1 atom stereocenters. The molecule has 2 heterocycles. The smallest absolute Gasteiger partial charge is 0.290 e. The number of carbonyl (C=O) groups is 2. The van der Waals surface area contributed by atoms with E-state index in [2.05, 4.69) is 6.58 Å². The molecular formula is C26H23NO4S. The summed E-state index contributed by atoms with van der Waals surface area (Å²) in [6, 6.07) is 19.9. The van der Waals surface area contributed by atoms with Gasteiger partial charge in [0.1, 0.15) is 12.4 Å². The first-order valence-corrected chi connectivity index (χ1v) is 11.2. The second kappa shape index (κ2) is 9.66. The van der Waals surface area contributed by atoms with Gasteiger partial charge in [-0.2, -0.15) is 0 Å². The van der Waals surface area contributed by atoms with E-state index in [1.165, 1.54) is 11.3 Å². The van der Waals surface area contributed by atoms with E-state index in [1.54, 1.807) is 34.6 Å². The zero-order valence-electron chi connectivity index (χ0n) is 17.4. The first-order chi connectivity index (χ1) is 15.6. The minimum Gasteiger partial charge on any atom is -0.503 e. The first kappa shape index (κ1) is 21.6. The maximum Gasteiger partial charge on any atom is 0.290 e. The Morgan fingerprint density at radius 3 is 2.66 bits per heavy atom. The molecule has 0 bridgehead atoms. The number of carbonyl (C=O) groups excluding carboxylic acids is 2. The number of Topliss-reactive ketones (excluding diaryl/α,β-unsaturated/α-hetero) is 1. The van der Waals surface area contributed by atoms with Crippen LogP contribution in [0.25, 0.3) is 0 Å². The van der Waals surface area contributed by atoms with Crippen LogP contribution in [0, 0.1) is 0 Å². The number of ether oxygens (including phenoxy) is 1. The summed E-state index contributed by atoms with van der Waals surface area (Å²) in [5.74, 6) is -0.759. The topological polar surface area (TPSA) is 66.8 Å². The standard InChI is InChI=1S/C26H23NO4S/c1-2-15-31-20-11-6-10-19(17-20)23-22(24(28)21-12-7-16-32-21)25(29)26(30)27(23)14-13-18-8-4-3-5-9-18/h2-12,16-17,23,29H,1,13-15H2. The number of ketones is 1. The number of aliphatic hydroxyl groups is 1. The third kappa shape index (κ3) is 4.36. The SMILES string of the molecule is C=CCOc1cccc(C2C(C(=O)c3cccs3)=C(O)C(=O)N2CCc2ccccc2)c1. The molecule has 0 spiro atoms. The number of thiophene rings is 1. The van der Waals surface area contributed by atoms with Crippen molar-refractivity contribution in [2.24, 2.45) is 0 Å². The van der Waals surface area contributed by atoms with E-state index in [4.69, 9.17) is 4.74 Å². The van der Waals surface area contributed by atoms with Gasteiger partial charge in [0.15, 0.2) is 5.76 Å². The van der Waals surface area contributed by atoms with Gasteiger partial charge in [0, 0.05) is 6.54 Å². The van der Waals surface area contributed by atoms with Gasteiger partial charge in [-0.15, -0.1) is 11.3 Å². The number of aliphatic hydroxyl groups excluding tert-OH is 1. The zero-order chi connectivity index (χ0) is 22.5. The summed E-state index contributed by atoms with van der Waals surface area (Å²) >= 11 is 1.28. The predicted octanol–water partition coefficient (Wildman–Crippen LogP) is 5.13. The Bertz CT molecular complexity index is 1150. The molecule has 4 rings (SSSR count). The van der Waals surface area contributed by atoms with Crippen LogP contribution in [0.15, 0.2) is 96.1 Å². The van der Waals surface area contributed by atoms with Crippen LogP contribution in [0.2, 0.25) is 0 Å². The van der Waals surface area contributed by atoms with Gasteiger partial charge >= 0.3 is 0 Å². The molecule has 32 heavy (non-hydrogen) atoms. The molecular weight excluding hydrogens is 422 g/mol. The monoisotopic (exact) mass is 445 g/mol. The molecule has 1 amide bonds. The van der Waals surface area contributed by atoms with Crippen LogP contribution in [0.3, 0.4) is 0 Å². The molecule has 0 fully saturated rings. The number of benzene rings is 2. The fourth-order valence-corrected chi connectivity index (χ4v) is 4.50. The molecule has 1 aliphatic rings. The summed E-state index contributed by atoms with van der Waals surface area (Å²) in [6.07, 6.45) is 2.25. The molecule has 6 heteroatoms. The third-order valence-corrected chi connectivity index (χ3v) is 6.19. The lowest BCUT2D eigenvalue weighted by atomic mass is 9.95. The molecule has 162 valence electrons. The summed E-state index contributed by atoms with van der Waals surface area (Å²) < 4.78 is 5.66. The van der Waals surface area contributed by atoms with Crippen molar-refractivity contribution < 1.29 is 19.4 Å². The van der Waals surface area contributed by atoms with E-state index in [0.29, 0.717) is 35.8 Å². The van der Waals surface area contributed by atoms with Crippen LogP contribution in [0.1, 0.15) is 26.8 Å². The lowest BCUT2D eigenvalue weighted by Gasteiger charge is -2.27. The van der Waals surface area contributed by atoms with E-state index in [0.717, 1.165) is 5.56 Å². The molecule has 0 saturated heterocycles. The highest BCUT2D eigenvalue weighted by atomic mass is 32.1. The fourth-order valence-electron chi connectivity index (χ4n) is 3.83. The van der Waals surface area contributed by atoms with Crippen LogP contribution in [-0.4, -0.2) is 34.8 Å². The van der Waals surface area contributed by atoms with Crippen molar-refractivity contribution in [2.45, 2.75) is 12.5 Å². The molecule has 0 aliphatic carbocycles. The molecule has 0 saturated carbocycles. The second-order valence-corrected chi connectivity index (χ2v) is 8.33. The van der Waals surface area contributed by atoms with E-state index in [-0.39, 0.29) is 11.4 Å². The molecule has 1 unspecified atom stereocenters. The Morgan fingerprint density at radius 2 is 1.94 bits per heavy atom. The predicted molar refractivity (Wildman–Crippen MR) is 125 cm³/mol. The summed E-state index contributed by atoms with van der Waals surface area (Å²) in [6.45, 7) is 4.36. The summed E-state index contributed by atoms with van der Waals surface area (Å²) in [4.78, 5) is 28.4. The fraction of sp³-hybridized carbons (Fsp3) is 0.154. The normalized spacial score (nSPS) is 15.8. The van der Waals surface area contributed by atoms with Gasteiger partial charge in [0.05, 0.1) is 16.5 Å². The molecule has 3 aromatic rings. The lowest BCUT2D eigenvalue weighted by molar-refractivity contribution is -0.129. The van der Waals surface area contributed by atoms with Crippen LogP contribution < -0.4 is 4.74 Å². The maximum absolute atomic E-state index is 13.3. The van der Waals surface area contributed by atoms with Crippen molar-refractivity contribution in [3.8, 4) is 5.75 Å². The van der Waals surface area contributed by atoms with Gasteiger partial charge in [0.25, 0.3) is 5.91 Å². The van der Waals surface area contributed by atoms with Gasteiger partial charge in [-0.05, 0) is 41.1 Å². The van der Waals surface area contributed by atoms with Crippen molar-refractivity contribution in [3.63, 3.8) is 0 Å². The molecule has 1 aliphatic heterocycles. The first-order valence-electron chi connectivity index (χ1n) is 10.3. The summed E-state index contributed by atoms with van der Waals surface area (Å²) in [5, 5.41) is 12.6. The Morgan fingerprint density at radius 1 is 1.12 bits per heavy atom. The van der Waals surface area contributed by atoms with E-state index >= 15 is 0 Å². The Balaban J connectivity index is 1.72. The van der Waals surface area contributed by atoms with E-state index in [9.17, 15) is 14.7 Å². The van der Waals surface area contributed by atoms with E-state index < -0.39 is 17.7 Å². The zero-order valence-corrected chi connectivity index (χ0v) is 18.3. The Kier molecular flexibility index (Phi) is 6.52. The molecule has 1 aromatic heterocycles. The third-order valence-electron chi connectivity index (χ3n) is 5.32. The van der Waals surface area contributed by atoms with Crippen LogP contribution in [0.5, 0.6) is 5.75 Å². The maximum atomic E-state index is 13.3. The van der Waals surface area contributed by atoms with Crippen molar-refractivity contribution in [2.75, 3.05) is 13.2 Å². The number of nitrogens with zero attached hydrogens (tertiary/aromatic N) is 1. The van der Waals surface area contributed by atoms with Gasteiger partial charge in [-0.1, -0.05) is 61.2 Å². The second-order valence-electron chi connectivity index (χ2n) is 7.38. The van der Waals surface area contributed by atoms with Gasteiger partial charge in [-0.25, -0.2) is 0 Å². The minimum atomic E-state index is -0.701. The van der Waals surface area contributed by atoms with Crippen LogP contribution in [0.4, 0.5) is 0 Å². The average Bonchev–Trinajstić information content (AvgIpc) is 3.44. The van der Waals surface area contributed by atoms with Crippen molar-refractivity contribution in [3.05, 3.63) is 112 Å². The summed E-state index contributed by atoms with van der Waals surface area (Å²) in [7, 11) is 0. The number of rotatable bonds is 9. The highest BCUT2D eigenvalue weighted by Crippen LogP contribution is 2.40. The van der Waals surface area contributed by atoms with Gasteiger partial charge < -0.3 is 14.7 Å². The highest BCUT2D eigenvalue weighted by Gasteiger charge is 2.43. The van der Waals surface area contributed by atoms with Crippen molar-refractivity contribution in [1.29, 1.82) is 0 Å². The Labute approximate surface area is 190 Å². The van der Waals surface area contributed by atoms with Crippen LogP contribution >= 0.6 is 11.3 Å². The van der Waals surface area contributed by atoms with Crippen molar-refractivity contribution >= 4 is 23.0 Å². The number of hydrogen-bond donors (Lipinski definition) is 1. The summed E-state index contributed by atoms with van der Waals surface area (Å²) in [5.41, 5.74) is 1.88. The molecule has 0 radical (unpaired) electrons. The number of hydrogen-bond acceptors (Lipinski definition) is 5. The minimum absolute atomic E-state index is 0.103. The Hall–Kier alpha value is -3.64. The quantitative estimate of drug-likeness (QED) is 0.366. The largest absolute Gasteiger partial charge is 0.503 e.